The van der Waals surface area contributed by atoms with Crippen molar-refractivity contribution in [2.45, 2.75) is 32.9 Å². The summed E-state index contributed by atoms with van der Waals surface area (Å²) in [5.41, 5.74) is 5.12. The summed E-state index contributed by atoms with van der Waals surface area (Å²) in [5, 5.41) is 0. The lowest BCUT2D eigenvalue weighted by Gasteiger charge is -2.08. The Morgan fingerprint density at radius 3 is 2.22 bits per heavy atom. The van der Waals surface area contributed by atoms with Gasteiger partial charge >= 0.3 is 5.97 Å². The molecule has 0 bridgehead atoms. The number of rotatable bonds is 2. The summed E-state index contributed by atoms with van der Waals surface area (Å²) in [4.78, 5) is 10.7. The maximum absolute atomic E-state index is 10.7. The standard InChI is InChI=1S/C6H13NO2/c1-4(2)9-6(8)5(3)7/h4-5H,7H2,1-3H3/t5-/m0/s1/i5D. The van der Waals surface area contributed by atoms with Crippen LogP contribution in [0.5, 0.6) is 0 Å². The van der Waals surface area contributed by atoms with E-state index in [2.05, 4.69) is 4.74 Å². The van der Waals surface area contributed by atoms with Crippen molar-refractivity contribution in [3.05, 3.63) is 0 Å². The molecule has 0 rings (SSSR count). The first-order valence-corrected chi connectivity index (χ1v) is 2.84. The second kappa shape index (κ2) is 3.45. The van der Waals surface area contributed by atoms with Gasteiger partial charge in [0.05, 0.1) is 7.47 Å². The minimum absolute atomic E-state index is 0.208. The molecule has 9 heavy (non-hydrogen) atoms. The van der Waals surface area contributed by atoms with Gasteiger partial charge in [-0.05, 0) is 20.8 Å². The molecule has 0 aromatic rings. The van der Waals surface area contributed by atoms with E-state index < -0.39 is 12.0 Å². The number of hydrogen-bond donors (Lipinski definition) is 1. The molecule has 54 valence electrons. The molecule has 0 aliphatic heterocycles. The molecule has 0 unspecified atom stereocenters. The Morgan fingerprint density at radius 1 is 1.67 bits per heavy atom. The molecule has 0 heterocycles. The van der Waals surface area contributed by atoms with Crippen molar-refractivity contribution >= 4 is 5.97 Å². The van der Waals surface area contributed by atoms with Crippen LogP contribution in [0, 0.1) is 0 Å². The number of carbonyl (C=O) groups is 1. The first-order chi connectivity index (χ1) is 4.34. The second-order valence-corrected chi connectivity index (χ2v) is 2.14. The van der Waals surface area contributed by atoms with Crippen molar-refractivity contribution in [2.75, 3.05) is 0 Å². The molecule has 0 aliphatic carbocycles. The Labute approximate surface area is 56.6 Å². The molecule has 0 aliphatic rings. The minimum atomic E-state index is -1.62. The highest BCUT2D eigenvalue weighted by Gasteiger charge is 2.09. The Balaban J connectivity index is 3.87. The summed E-state index contributed by atoms with van der Waals surface area (Å²) in [6.45, 7) is 4.71. The first kappa shape index (κ1) is 6.55. The molecule has 0 aromatic heterocycles. The fraction of sp³-hybridized carbons (Fsp3) is 0.833. The molecule has 2 N–H and O–H groups in total. The molecule has 0 spiro atoms. The van der Waals surface area contributed by atoms with E-state index in [1.807, 2.05) is 0 Å². The van der Waals surface area contributed by atoms with Crippen LogP contribution < -0.4 is 5.73 Å². The third-order valence-electron chi connectivity index (χ3n) is 0.665. The van der Waals surface area contributed by atoms with Gasteiger partial charge in [0, 0.05) is 0 Å². The summed E-state index contributed by atoms with van der Waals surface area (Å²) in [6, 6.07) is -1.62. The summed E-state index contributed by atoms with van der Waals surface area (Å²) >= 11 is 0. The average molecular weight is 132 g/mol. The molecule has 3 heteroatoms. The third-order valence-corrected chi connectivity index (χ3v) is 0.665. The van der Waals surface area contributed by atoms with Crippen molar-refractivity contribution in [3.8, 4) is 0 Å². The van der Waals surface area contributed by atoms with Gasteiger partial charge in [-0.1, -0.05) is 0 Å². The number of ether oxygens (including phenoxy) is 1. The van der Waals surface area contributed by atoms with Crippen LogP contribution in [0.25, 0.3) is 0 Å². The van der Waals surface area contributed by atoms with E-state index >= 15 is 0 Å². The van der Waals surface area contributed by atoms with E-state index in [1.165, 1.54) is 6.92 Å². The fourth-order valence-corrected chi connectivity index (χ4v) is 0.307. The van der Waals surface area contributed by atoms with E-state index in [9.17, 15) is 4.79 Å². The molecule has 3 nitrogen and oxygen atoms in total. The highest BCUT2D eigenvalue weighted by atomic mass is 16.5. The molecule has 0 amide bonds. The lowest BCUT2D eigenvalue weighted by Crippen LogP contribution is -2.30. The third kappa shape index (κ3) is 3.97. The topological polar surface area (TPSA) is 52.3 Å². The summed E-state index contributed by atoms with van der Waals surface area (Å²) in [7, 11) is 0. The van der Waals surface area contributed by atoms with Gasteiger partial charge in [-0.25, -0.2) is 0 Å². The number of hydrogen-bond acceptors (Lipinski definition) is 3. The van der Waals surface area contributed by atoms with Crippen LogP contribution in [0.4, 0.5) is 0 Å². The largest absolute Gasteiger partial charge is 0.462 e. The van der Waals surface area contributed by atoms with Crippen LogP contribution in [0.1, 0.15) is 22.1 Å². The van der Waals surface area contributed by atoms with E-state index in [1.54, 1.807) is 13.8 Å². The van der Waals surface area contributed by atoms with Crippen LogP contribution in [-0.2, 0) is 9.53 Å². The smallest absolute Gasteiger partial charge is 0.322 e. The molecule has 1 atom stereocenters. The predicted octanol–water partition coefficient (Wildman–Crippen LogP) is 0.285. The van der Waals surface area contributed by atoms with Gasteiger partial charge in [0.25, 0.3) is 0 Å². The van der Waals surface area contributed by atoms with Crippen LogP contribution in [0.2, 0.25) is 0 Å². The van der Waals surface area contributed by atoms with Crippen molar-refractivity contribution < 1.29 is 10.9 Å². The number of esters is 1. The van der Waals surface area contributed by atoms with Crippen molar-refractivity contribution in [3.63, 3.8) is 0 Å². The summed E-state index contributed by atoms with van der Waals surface area (Å²) < 4.78 is 11.7. The Hall–Kier alpha value is -0.570. The molecule has 0 radical (unpaired) electrons. The highest BCUT2D eigenvalue weighted by Crippen LogP contribution is 1.90. The molecule has 0 aromatic carbocycles. The monoisotopic (exact) mass is 132 g/mol. The normalized spacial score (nSPS) is 18.6. The molecule has 0 fully saturated rings. The van der Waals surface area contributed by atoms with Crippen LogP contribution in [0.3, 0.4) is 0 Å². The van der Waals surface area contributed by atoms with Crippen molar-refractivity contribution in [1.29, 1.82) is 0 Å². The number of carbonyl (C=O) groups excluding carboxylic acids is 1. The maximum Gasteiger partial charge on any atom is 0.322 e. The zero-order valence-corrected chi connectivity index (χ0v) is 5.97. The Morgan fingerprint density at radius 2 is 2.11 bits per heavy atom. The van der Waals surface area contributed by atoms with E-state index in [0.29, 0.717) is 0 Å². The van der Waals surface area contributed by atoms with Gasteiger partial charge in [0.1, 0.15) is 6.02 Å². The quantitative estimate of drug-likeness (QED) is 0.549. The van der Waals surface area contributed by atoms with Gasteiger partial charge in [-0.2, -0.15) is 0 Å². The van der Waals surface area contributed by atoms with Gasteiger partial charge in [0.2, 0.25) is 0 Å². The number of nitrogens with two attached hydrogens (primary N) is 1. The Kier molecular flexibility index (Phi) is 2.51. The van der Waals surface area contributed by atoms with Crippen molar-refractivity contribution in [1.82, 2.24) is 0 Å². The highest BCUT2D eigenvalue weighted by molar-refractivity contribution is 5.74. The maximum atomic E-state index is 10.7. The first-order valence-electron chi connectivity index (χ1n) is 3.34. The zero-order valence-electron chi connectivity index (χ0n) is 6.97. The lowest BCUT2D eigenvalue weighted by atomic mass is 10.4. The summed E-state index contributed by atoms with van der Waals surface area (Å²) in [5.74, 6) is -0.692. The van der Waals surface area contributed by atoms with Gasteiger partial charge in [-0.3, -0.25) is 4.79 Å². The van der Waals surface area contributed by atoms with E-state index in [0.717, 1.165) is 0 Å². The van der Waals surface area contributed by atoms with E-state index in [4.69, 9.17) is 7.10 Å². The van der Waals surface area contributed by atoms with Crippen LogP contribution in [-0.4, -0.2) is 18.1 Å². The van der Waals surface area contributed by atoms with Crippen LogP contribution in [0.15, 0.2) is 0 Å². The minimum Gasteiger partial charge on any atom is -0.462 e. The Bertz CT molecular complexity index is 128. The van der Waals surface area contributed by atoms with Gasteiger partial charge in [-0.15, -0.1) is 0 Å². The SMILES string of the molecule is [2H][C@@](C)(N)C(=O)OC(C)C. The van der Waals surface area contributed by atoms with Gasteiger partial charge in [0.15, 0.2) is 0 Å². The van der Waals surface area contributed by atoms with Gasteiger partial charge < -0.3 is 10.5 Å². The molecule has 0 saturated heterocycles. The van der Waals surface area contributed by atoms with Crippen LogP contribution >= 0.6 is 0 Å². The predicted molar refractivity (Wildman–Crippen MR) is 34.9 cm³/mol. The average Bonchev–Trinajstić information content (AvgIpc) is 1.60. The fourth-order valence-electron chi connectivity index (χ4n) is 0.307. The molecular weight excluding hydrogens is 118 g/mol. The lowest BCUT2D eigenvalue weighted by molar-refractivity contribution is -0.148. The molecule has 0 saturated carbocycles. The second-order valence-electron chi connectivity index (χ2n) is 2.14. The summed E-state index contributed by atoms with van der Waals surface area (Å²) in [6.07, 6.45) is -0.208. The van der Waals surface area contributed by atoms with Crippen molar-refractivity contribution in [2.24, 2.45) is 5.73 Å². The molecular formula is C6H13NO2. The zero-order chi connectivity index (χ0) is 8.36. The van der Waals surface area contributed by atoms with E-state index in [-0.39, 0.29) is 6.10 Å².